The summed E-state index contributed by atoms with van der Waals surface area (Å²) in [6.45, 7) is 7.81. The van der Waals surface area contributed by atoms with Crippen LogP contribution >= 0.6 is 0 Å². The monoisotopic (exact) mass is 135 g/mol. The summed E-state index contributed by atoms with van der Waals surface area (Å²) in [5, 5.41) is 0. The number of hydrogen-bond acceptors (Lipinski definition) is 1. The van der Waals surface area contributed by atoms with Crippen LogP contribution in [0.25, 0.3) is 0 Å². The molecule has 1 heteroatoms. The Kier molecular flexibility index (Phi) is 1.75. The van der Waals surface area contributed by atoms with E-state index in [1.807, 2.05) is 6.08 Å². The highest BCUT2D eigenvalue weighted by Gasteiger charge is 2.25. The van der Waals surface area contributed by atoms with Crippen molar-refractivity contribution in [3.05, 3.63) is 24.3 Å². The van der Waals surface area contributed by atoms with Gasteiger partial charge in [0.05, 0.1) is 5.54 Å². The summed E-state index contributed by atoms with van der Waals surface area (Å²) in [5.41, 5.74) is -0.0747. The van der Waals surface area contributed by atoms with Crippen LogP contribution in [-0.4, -0.2) is 12.3 Å². The Morgan fingerprint density at radius 2 is 2.20 bits per heavy atom. The Bertz CT molecular complexity index is 191. The van der Waals surface area contributed by atoms with E-state index >= 15 is 0 Å². The highest BCUT2D eigenvalue weighted by atomic mass is 14.8. The third-order valence-electron chi connectivity index (χ3n) is 2.21. The second kappa shape index (κ2) is 2.41. The van der Waals surface area contributed by atoms with Crippen LogP contribution < -0.4 is 0 Å². The summed E-state index contributed by atoms with van der Waals surface area (Å²) in [7, 11) is 0. The fourth-order valence-electron chi connectivity index (χ4n) is 1.02. The van der Waals surface area contributed by atoms with E-state index in [4.69, 9.17) is 0 Å². The third kappa shape index (κ3) is 1.04. The van der Waals surface area contributed by atoms with Gasteiger partial charge in [-0.25, -0.2) is 0 Å². The van der Waals surface area contributed by atoms with Gasteiger partial charge in [-0.05, 0) is 13.6 Å². The quantitative estimate of drug-likeness (QED) is 0.489. The van der Waals surface area contributed by atoms with E-state index in [0.717, 1.165) is 0 Å². The topological polar surface area (TPSA) is 12.4 Å². The molecule has 0 fully saturated rings. The molecule has 0 saturated carbocycles. The zero-order valence-corrected chi connectivity index (χ0v) is 6.54. The molecule has 1 aliphatic carbocycles. The first-order chi connectivity index (χ1) is 4.69. The second-order valence-corrected chi connectivity index (χ2v) is 2.92. The first-order valence-corrected chi connectivity index (χ1v) is 3.53. The molecular formula is C9H13N. The summed E-state index contributed by atoms with van der Waals surface area (Å²) in [6.07, 6.45) is 8.31. The van der Waals surface area contributed by atoms with E-state index in [1.165, 1.54) is 0 Å². The molecule has 0 amide bonds. The predicted octanol–water partition coefficient (Wildman–Crippen LogP) is 2.21. The zero-order chi connectivity index (χ0) is 7.61. The van der Waals surface area contributed by atoms with E-state index < -0.39 is 0 Å². The lowest BCUT2D eigenvalue weighted by molar-refractivity contribution is 0.462. The molecule has 0 N–H and O–H groups in total. The standard InChI is InChI=1S/C9H13N/c1-8-6-4-5-7-9(8,2)10-3/h4-8H,3H2,1-2H3. The van der Waals surface area contributed by atoms with E-state index in [2.05, 4.69) is 43.8 Å². The minimum absolute atomic E-state index is 0.0747. The molecule has 1 nitrogen and oxygen atoms in total. The van der Waals surface area contributed by atoms with Crippen molar-refractivity contribution in [2.45, 2.75) is 19.4 Å². The SMILES string of the molecule is C=NC1(C)C=CC=CC1C. The molecule has 2 unspecified atom stereocenters. The van der Waals surface area contributed by atoms with Crippen molar-refractivity contribution in [2.75, 3.05) is 0 Å². The third-order valence-corrected chi connectivity index (χ3v) is 2.21. The summed E-state index contributed by atoms with van der Waals surface area (Å²) >= 11 is 0. The molecule has 0 heterocycles. The molecule has 0 aliphatic heterocycles. The van der Waals surface area contributed by atoms with Crippen molar-refractivity contribution in [2.24, 2.45) is 10.9 Å². The Hall–Kier alpha value is -0.850. The maximum Gasteiger partial charge on any atom is 0.0815 e. The average Bonchev–Trinajstić information content (AvgIpc) is 1.96. The Morgan fingerprint density at radius 1 is 1.50 bits per heavy atom. The number of hydrogen-bond donors (Lipinski definition) is 0. The molecule has 2 atom stereocenters. The van der Waals surface area contributed by atoms with Gasteiger partial charge in [-0.1, -0.05) is 31.2 Å². The summed E-state index contributed by atoms with van der Waals surface area (Å²) in [5.74, 6) is 0.468. The van der Waals surface area contributed by atoms with Gasteiger partial charge in [0.1, 0.15) is 0 Å². The van der Waals surface area contributed by atoms with Gasteiger partial charge in [0.15, 0.2) is 0 Å². The fourth-order valence-corrected chi connectivity index (χ4v) is 1.02. The van der Waals surface area contributed by atoms with E-state index in [1.54, 1.807) is 0 Å². The van der Waals surface area contributed by atoms with Gasteiger partial charge in [0.25, 0.3) is 0 Å². The van der Waals surface area contributed by atoms with Crippen LogP contribution in [0.15, 0.2) is 29.3 Å². The maximum atomic E-state index is 4.07. The van der Waals surface area contributed by atoms with Crippen LogP contribution in [0.1, 0.15) is 13.8 Å². The van der Waals surface area contributed by atoms with Crippen LogP contribution in [-0.2, 0) is 0 Å². The van der Waals surface area contributed by atoms with Gasteiger partial charge in [0.2, 0.25) is 0 Å². The number of allylic oxidation sites excluding steroid dienone is 2. The van der Waals surface area contributed by atoms with Gasteiger partial charge in [-0.15, -0.1) is 0 Å². The lowest BCUT2D eigenvalue weighted by Gasteiger charge is -2.27. The highest BCUT2D eigenvalue weighted by Crippen LogP contribution is 2.26. The molecule has 1 aliphatic rings. The van der Waals surface area contributed by atoms with Crippen molar-refractivity contribution >= 4 is 6.72 Å². The largest absolute Gasteiger partial charge is 0.290 e. The molecule has 0 aromatic rings. The number of aliphatic imine (C=N–C) groups is 1. The lowest BCUT2D eigenvalue weighted by atomic mass is 9.84. The van der Waals surface area contributed by atoms with Crippen LogP contribution in [0.2, 0.25) is 0 Å². The van der Waals surface area contributed by atoms with Crippen molar-refractivity contribution in [3.8, 4) is 0 Å². The van der Waals surface area contributed by atoms with Crippen LogP contribution in [0, 0.1) is 5.92 Å². The minimum Gasteiger partial charge on any atom is -0.290 e. The van der Waals surface area contributed by atoms with Gasteiger partial charge >= 0.3 is 0 Å². The van der Waals surface area contributed by atoms with Crippen molar-refractivity contribution in [3.63, 3.8) is 0 Å². The molecule has 0 radical (unpaired) electrons. The maximum absolute atomic E-state index is 4.07. The average molecular weight is 135 g/mol. The van der Waals surface area contributed by atoms with Gasteiger partial charge in [-0.3, -0.25) is 4.99 Å². The first kappa shape index (κ1) is 7.26. The van der Waals surface area contributed by atoms with Crippen molar-refractivity contribution in [1.82, 2.24) is 0 Å². The van der Waals surface area contributed by atoms with Crippen LogP contribution in [0.5, 0.6) is 0 Å². The van der Waals surface area contributed by atoms with E-state index in [-0.39, 0.29) is 5.54 Å². The fraction of sp³-hybridized carbons (Fsp3) is 0.444. The normalized spacial score (nSPS) is 38.0. The Labute approximate surface area is 62.2 Å². The first-order valence-electron chi connectivity index (χ1n) is 3.53. The second-order valence-electron chi connectivity index (χ2n) is 2.92. The predicted molar refractivity (Wildman–Crippen MR) is 45.4 cm³/mol. The molecule has 0 aromatic carbocycles. The van der Waals surface area contributed by atoms with Crippen molar-refractivity contribution < 1.29 is 0 Å². The molecule has 0 bridgehead atoms. The van der Waals surface area contributed by atoms with Gasteiger partial charge in [0, 0.05) is 5.92 Å². The summed E-state index contributed by atoms with van der Waals surface area (Å²) in [6, 6.07) is 0. The zero-order valence-electron chi connectivity index (χ0n) is 6.54. The Balaban J connectivity index is 2.87. The molecule has 0 aromatic heterocycles. The number of rotatable bonds is 1. The molecule has 54 valence electrons. The lowest BCUT2D eigenvalue weighted by Crippen LogP contribution is -2.27. The van der Waals surface area contributed by atoms with Gasteiger partial charge < -0.3 is 0 Å². The van der Waals surface area contributed by atoms with Gasteiger partial charge in [-0.2, -0.15) is 0 Å². The molecule has 0 spiro atoms. The Morgan fingerprint density at radius 3 is 2.60 bits per heavy atom. The summed E-state index contributed by atoms with van der Waals surface area (Å²) < 4.78 is 0. The molecule has 0 saturated heterocycles. The highest BCUT2D eigenvalue weighted by molar-refractivity contribution is 5.32. The van der Waals surface area contributed by atoms with E-state index in [0.29, 0.717) is 5.92 Å². The smallest absolute Gasteiger partial charge is 0.0815 e. The molecular weight excluding hydrogens is 122 g/mol. The molecule has 1 rings (SSSR count). The van der Waals surface area contributed by atoms with Crippen molar-refractivity contribution in [1.29, 1.82) is 0 Å². The van der Waals surface area contributed by atoms with E-state index in [9.17, 15) is 0 Å². The minimum atomic E-state index is -0.0747. The summed E-state index contributed by atoms with van der Waals surface area (Å²) in [4.78, 5) is 4.07. The number of nitrogens with zero attached hydrogens (tertiary/aromatic N) is 1. The van der Waals surface area contributed by atoms with Crippen LogP contribution in [0.3, 0.4) is 0 Å². The molecule has 10 heavy (non-hydrogen) atoms. The van der Waals surface area contributed by atoms with Crippen LogP contribution in [0.4, 0.5) is 0 Å².